The fourth-order valence-electron chi connectivity index (χ4n) is 5.27. The second-order valence-corrected chi connectivity index (χ2v) is 9.22. The number of methoxy groups -OCH3 is 1. The van der Waals surface area contributed by atoms with Crippen LogP contribution in [0.15, 0.2) is 42.5 Å². The minimum atomic E-state index is -0.250. The van der Waals surface area contributed by atoms with Gasteiger partial charge in [-0.05, 0) is 50.3 Å². The predicted octanol–water partition coefficient (Wildman–Crippen LogP) is 5.39. The molecule has 0 saturated heterocycles. The minimum absolute atomic E-state index is 0.250. The lowest BCUT2D eigenvalue weighted by atomic mass is 9.94. The third-order valence-corrected chi connectivity index (χ3v) is 7.11. The van der Waals surface area contributed by atoms with Crippen LogP contribution in [0.25, 0.3) is 11.0 Å². The Labute approximate surface area is 207 Å². The van der Waals surface area contributed by atoms with E-state index in [9.17, 15) is 0 Å². The molecule has 2 aliphatic rings. The Balaban J connectivity index is 0.000000438. The van der Waals surface area contributed by atoms with E-state index in [1.165, 1.54) is 79.3 Å². The van der Waals surface area contributed by atoms with Crippen molar-refractivity contribution in [3.8, 4) is 0 Å². The molecule has 188 valence electrons. The van der Waals surface area contributed by atoms with Gasteiger partial charge in [0, 0.05) is 36.8 Å². The molecule has 2 aromatic carbocycles. The number of hydrogen-bond donors (Lipinski definition) is 1. The first-order chi connectivity index (χ1) is 17.0. The fourth-order valence-corrected chi connectivity index (χ4v) is 5.27. The first-order valence-corrected chi connectivity index (χ1v) is 12.4. The van der Waals surface area contributed by atoms with Gasteiger partial charge in [0.25, 0.3) is 12.9 Å². The van der Waals surface area contributed by atoms with Crippen LogP contribution in [0.3, 0.4) is 0 Å². The van der Waals surface area contributed by atoms with Crippen LogP contribution in [0, 0.1) is 0 Å². The van der Waals surface area contributed by atoms with Crippen molar-refractivity contribution in [3.63, 3.8) is 0 Å². The van der Waals surface area contributed by atoms with Gasteiger partial charge in [-0.1, -0.05) is 49.6 Å². The van der Waals surface area contributed by atoms with E-state index in [4.69, 9.17) is 19.7 Å². The van der Waals surface area contributed by atoms with Crippen LogP contribution in [0.1, 0.15) is 68.4 Å². The molecule has 1 atom stereocenters. The smallest absolute Gasteiger partial charge is 0.292 e. The maximum absolute atomic E-state index is 8.95. The molecule has 3 aromatic rings. The summed E-state index contributed by atoms with van der Waals surface area (Å²) in [6.45, 7) is 2.45. The van der Waals surface area contributed by atoms with E-state index in [1.54, 1.807) is 0 Å². The number of carboxylic acid groups (broad SMARTS) is 1. The monoisotopic (exact) mass is 479 g/mol. The van der Waals surface area contributed by atoms with Gasteiger partial charge in [-0.2, -0.15) is 0 Å². The average Bonchev–Trinajstić information content (AvgIpc) is 3.26. The summed E-state index contributed by atoms with van der Waals surface area (Å²) in [5, 5.41) is 6.89. The van der Waals surface area contributed by atoms with E-state index in [0.717, 1.165) is 12.8 Å². The number of aromatic nitrogens is 2. The van der Waals surface area contributed by atoms with Gasteiger partial charge in [-0.25, -0.2) is 4.98 Å². The lowest BCUT2D eigenvalue weighted by Gasteiger charge is -2.34. The summed E-state index contributed by atoms with van der Waals surface area (Å²) in [5.41, 5.74) is 6.81. The molecular weight excluding hydrogens is 442 g/mol. The highest BCUT2D eigenvalue weighted by molar-refractivity contribution is 5.86. The van der Waals surface area contributed by atoms with E-state index in [2.05, 4.69) is 70.6 Å². The van der Waals surface area contributed by atoms with Gasteiger partial charge < -0.3 is 19.3 Å². The van der Waals surface area contributed by atoms with Crippen LogP contribution in [-0.4, -0.2) is 47.8 Å². The molecule has 0 spiro atoms. The summed E-state index contributed by atoms with van der Waals surface area (Å²) in [4.78, 5) is 25.0. The molecule has 5 rings (SSSR count). The van der Waals surface area contributed by atoms with Crippen molar-refractivity contribution in [1.29, 1.82) is 0 Å². The highest BCUT2D eigenvalue weighted by atomic mass is 16.5. The van der Waals surface area contributed by atoms with Crippen molar-refractivity contribution >= 4 is 29.7 Å². The molecule has 0 amide bonds. The largest absolute Gasteiger partial charge is 0.483 e. The third-order valence-electron chi connectivity index (χ3n) is 7.11. The van der Waals surface area contributed by atoms with E-state index in [1.807, 2.05) is 0 Å². The van der Waals surface area contributed by atoms with Crippen LogP contribution < -0.4 is 4.90 Å². The topological polar surface area (TPSA) is 84.7 Å². The summed E-state index contributed by atoms with van der Waals surface area (Å²) in [5.74, 6) is 1.25. The molecule has 1 fully saturated rings. The number of carbonyl (C=O) groups excluding carboxylic acids is 1. The number of rotatable bonds is 4. The Kier molecular flexibility index (Phi) is 9.70. The van der Waals surface area contributed by atoms with Gasteiger partial charge in [-0.3, -0.25) is 9.59 Å². The van der Waals surface area contributed by atoms with Crippen molar-refractivity contribution in [2.24, 2.45) is 0 Å². The summed E-state index contributed by atoms with van der Waals surface area (Å²) in [6.07, 6.45) is 9.95. The van der Waals surface area contributed by atoms with Crippen molar-refractivity contribution < 1.29 is 19.4 Å². The van der Waals surface area contributed by atoms with E-state index >= 15 is 0 Å². The van der Waals surface area contributed by atoms with Crippen LogP contribution in [-0.2, 0) is 27.2 Å². The van der Waals surface area contributed by atoms with Crippen LogP contribution in [0.2, 0.25) is 0 Å². The quantitative estimate of drug-likeness (QED) is 0.505. The predicted molar refractivity (Wildman–Crippen MR) is 139 cm³/mol. The highest BCUT2D eigenvalue weighted by Gasteiger charge is 2.27. The first kappa shape index (κ1) is 26.3. The van der Waals surface area contributed by atoms with E-state index < -0.39 is 0 Å². The molecule has 7 heteroatoms. The number of ether oxygens (including phenoxy) is 1. The molecule has 0 radical (unpaired) electrons. The third kappa shape index (κ3) is 6.21. The van der Waals surface area contributed by atoms with Gasteiger partial charge in [0.05, 0.1) is 18.1 Å². The van der Waals surface area contributed by atoms with Crippen LogP contribution >= 0.6 is 0 Å². The maximum atomic E-state index is 8.95. The molecule has 7 nitrogen and oxygen atoms in total. The lowest BCUT2D eigenvalue weighted by Crippen LogP contribution is -2.33. The first-order valence-electron chi connectivity index (χ1n) is 12.4. The summed E-state index contributed by atoms with van der Waals surface area (Å²) < 4.78 is 6.47. The maximum Gasteiger partial charge on any atom is 0.292 e. The molecule has 0 bridgehead atoms. The van der Waals surface area contributed by atoms with Gasteiger partial charge in [0.1, 0.15) is 5.82 Å². The van der Waals surface area contributed by atoms with Gasteiger partial charge in [-0.15, -0.1) is 0 Å². The zero-order chi connectivity index (χ0) is 25.2. The highest BCUT2D eigenvalue weighted by Crippen LogP contribution is 2.38. The lowest BCUT2D eigenvalue weighted by molar-refractivity contribution is -0.126. The Morgan fingerprint density at radius 1 is 1.06 bits per heavy atom. The molecule has 2 heterocycles. The average molecular weight is 480 g/mol. The molecule has 35 heavy (non-hydrogen) atoms. The van der Waals surface area contributed by atoms with Crippen LogP contribution in [0.4, 0.5) is 5.69 Å². The summed E-state index contributed by atoms with van der Waals surface area (Å²) in [6, 6.07) is 16.7. The molecule has 1 aliphatic heterocycles. The normalized spacial score (nSPS) is 17.3. The number of fused-ring (bicyclic) bond motifs is 3. The molecule has 1 N–H and O–H groups in total. The Hall–Kier alpha value is -3.35. The van der Waals surface area contributed by atoms with E-state index in [-0.39, 0.29) is 6.47 Å². The zero-order valence-corrected chi connectivity index (χ0v) is 21.0. The SMILES string of the molecule is COC=O.C[C@H]1CCc2c(ccc3c2nc(Cc2ccccc2)n3C2CCCCC2)N1C.O=CO. The number of carbonyl (C=O) groups is 2. The zero-order valence-electron chi connectivity index (χ0n) is 21.0. The van der Waals surface area contributed by atoms with Crippen molar-refractivity contribution in [2.45, 2.75) is 70.4 Å². The number of hydrogen-bond acceptors (Lipinski definition) is 5. The van der Waals surface area contributed by atoms with Crippen molar-refractivity contribution in [1.82, 2.24) is 9.55 Å². The molecule has 1 aromatic heterocycles. The summed E-state index contributed by atoms with van der Waals surface area (Å²) in [7, 11) is 3.55. The number of benzene rings is 2. The standard InChI is InChI=1S/C25H31N3.C2H4O2.CH2O2/c1-18-13-14-21-22(27(18)2)15-16-23-25(21)26-24(17-19-9-5-3-6-10-19)28(23)20-11-7-4-8-12-20;1-4-2-3;2-1-3/h3,5-6,9-10,15-16,18,20H,4,7-8,11-14,17H2,1-2H3;2H,1H3;1H,(H,2,3)/t18-;;/m0../s1. The Morgan fingerprint density at radius 3 is 2.34 bits per heavy atom. The summed E-state index contributed by atoms with van der Waals surface area (Å²) >= 11 is 0. The molecule has 1 aliphatic carbocycles. The minimum Gasteiger partial charge on any atom is -0.483 e. The van der Waals surface area contributed by atoms with Gasteiger partial charge in [0.2, 0.25) is 0 Å². The van der Waals surface area contributed by atoms with Crippen LogP contribution in [0.5, 0.6) is 0 Å². The van der Waals surface area contributed by atoms with Gasteiger partial charge in [0.15, 0.2) is 0 Å². The van der Waals surface area contributed by atoms with Gasteiger partial charge >= 0.3 is 0 Å². The number of nitrogens with zero attached hydrogens (tertiary/aromatic N) is 3. The fraction of sp³-hybridized carbons (Fsp3) is 0.464. The number of aryl methyl sites for hydroxylation is 1. The Bertz CT molecular complexity index is 1090. The van der Waals surface area contributed by atoms with Crippen molar-refractivity contribution in [3.05, 3.63) is 59.4 Å². The number of anilines is 1. The van der Waals surface area contributed by atoms with Crippen molar-refractivity contribution in [2.75, 3.05) is 19.1 Å². The second-order valence-electron chi connectivity index (χ2n) is 9.22. The Morgan fingerprint density at radius 2 is 1.71 bits per heavy atom. The molecule has 1 saturated carbocycles. The molecule has 0 unspecified atom stereocenters. The second kappa shape index (κ2) is 12.9. The number of imidazole rings is 1. The molecular formula is C28H37N3O4. The van der Waals surface area contributed by atoms with E-state index in [0.29, 0.717) is 18.6 Å².